The van der Waals surface area contributed by atoms with Gasteiger partial charge in [0.2, 0.25) is 5.82 Å². The zero-order valence-electron chi connectivity index (χ0n) is 10.0. The first-order valence-corrected chi connectivity index (χ1v) is 6.27. The van der Waals surface area contributed by atoms with E-state index in [4.69, 9.17) is 5.11 Å². The molecule has 0 radical (unpaired) electrons. The van der Waals surface area contributed by atoms with Crippen LogP contribution in [-0.2, 0) is 6.54 Å². The van der Waals surface area contributed by atoms with E-state index in [1.807, 2.05) is 5.32 Å². The van der Waals surface area contributed by atoms with E-state index in [1.165, 1.54) is 11.4 Å². The van der Waals surface area contributed by atoms with Gasteiger partial charge in [-0.25, -0.2) is 26.7 Å². The molecular formula is C12H6F5NO2S. The fourth-order valence-corrected chi connectivity index (χ4v) is 2.37. The van der Waals surface area contributed by atoms with E-state index in [0.29, 0.717) is 0 Å². The van der Waals surface area contributed by atoms with Crippen molar-refractivity contribution < 1.29 is 31.9 Å². The van der Waals surface area contributed by atoms with Crippen molar-refractivity contribution in [2.75, 3.05) is 5.32 Å². The average Bonchev–Trinajstić information content (AvgIpc) is 2.91. The number of halogens is 5. The lowest BCUT2D eigenvalue weighted by molar-refractivity contribution is 0.0701. The van der Waals surface area contributed by atoms with E-state index in [1.54, 1.807) is 0 Å². The standard InChI is InChI=1S/C12H6F5NO2S/c13-5-6(14)8(16)10(9(17)7(5)15)18-3-4-1-2-21-11(4)12(19)20/h1-2,18H,3H2,(H,19,20). The second-order valence-corrected chi connectivity index (χ2v) is 4.79. The van der Waals surface area contributed by atoms with Crippen molar-refractivity contribution in [3.05, 3.63) is 51.0 Å². The van der Waals surface area contributed by atoms with Gasteiger partial charge in [-0.05, 0) is 17.0 Å². The third-order valence-electron chi connectivity index (χ3n) is 2.61. The molecule has 0 saturated carbocycles. The molecule has 0 atom stereocenters. The van der Waals surface area contributed by atoms with Gasteiger partial charge >= 0.3 is 5.97 Å². The number of thiophene rings is 1. The van der Waals surface area contributed by atoms with Crippen molar-refractivity contribution in [2.24, 2.45) is 0 Å². The van der Waals surface area contributed by atoms with E-state index < -0.39 is 47.3 Å². The van der Waals surface area contributed by atoms with Crippen molar-refractivity contribution in [2.45, 2.75) is 6.54 Å². The van der Waals surface area contributed by atoms with Crippen LogP contribution >= 0.6 is 11.3 Å². The first kappa shape index (κ1) is 15.2. The molecule has 2 aromatic rings. The number of hydrogen-bond acceptors (Lipinski definition) is 3. The topological polar surface area (TPSA) is 49.3 Å². The molecule has 0 spiro atoms. The van der Waals surface area contributed by atoms with Gasteiger partial charge in [-0.1, -0.05) is 0 Å². The van der Waals surface area contributed by atoms with E-state index in [0.717, 1.165) is 11.3 Å². The molecule has 112 valence electrons. The van der Waals surface area contributed by atoms with Crippen LogP contribution in [0, 0.1) is 29.1 Å². The largest absolute Gasteiger partial charge is 0.477 e. The summed E-state index contributed by atoms with van der Waals surface area (Å²) in [5.74, 6) is -11.6. The van der Waals surface area contributed by atoms with Gasteiger partial charge in [0.1, 0.15) is 10.6 Å². The van der Waals surface area contributed by atoms with Gasteiger partial charge < -0.3 is 10.4 Å². The number of anilines is 1. The maximum absolute atomic E-state index is 13.4. The van der Waals surface area contributed by atoms with Gasteiger partial charge in [0.25, 0.3) is 0 Å². The van der Waals surface area contributed by atoms with Crippen LogP contribution in [0.4, 0.5) is 27.6 Å². The zero-order chi connectivity index (χ0) is 15.7. The fraction of sp³-hybridized carbons (Fsp3) is 0.0833. The molecule has 0 aliphatic carbocycles. The third kappa shape index (κ3) is 2.68. The minimum atomic E-state index is -2.25. The molecule has 0 aliphatic rings. The Balaban J connectivity index is 2.33. The summed E-state index contributed by atoms with van der Waals surface area (Å²) in [6.45, 7) is -0.399. The molecule has 1 heterocycles. The highest BCUT2D eigenvalue weighted by atomic mass is 32.1. The Bertz CT molecular complexity index is 687. The molecule has 2 rings (SSSR count). The molecule has 9 heteroatoms. The summed E-state index contributed by atoms with van der Waals surface area (Å²) < 4.78 is 65.6. The van der Waals surface area contributed by atoms with Crippen LogP contribution in [0.1, 0.15) is 15.2 Å². The lowest BCUT2D eigenvalue weighted by atomic mass is 10.2. The SMILES string of the molecule is O=C(O)c1sccc1CNc1c(F)c(F)c(F)c(F)c1F. The van der Waals surface area contributed by atoms with Crippen LogP contribution in [0.25, 0.3) is 0 Å². The van der Waals surface area contributed by atoms with Gasteiger partial charge in [-0.2, -0.15) is 0 Å². The highest BCUT2D eigenvalue weighted by Crippen LogP contribution is 2.28. The summed E-state index contributed by atoms with van der Waals surface area (Å²) >= 11 is 0.875. The molecule has 0 unspecified atom stereocenters. The highest BCUT2D eigenvalue weighted by Gasteiger charge is 2.25. The van der Waals surface area contributed by atoms with Crippen LogP contribution in [-0.4, -0.2) is 11.1 Å². The van der Waals surface area contributed by atoms with Crippen molar-refractivity contribution in [1.82, 2.24) is 0 Å². The van der Waals surface area contributed by atoms with Crippen molar-refractivity contribution in [1.29, 1.82) is 0 Å². The minimum Gasteiger partial charge on any atom is -0.477 e. The normalized spacial score (nSPS) is 10.7. The predicted molar refractivity (Wildman–Crippen MR) is 64.8 cm³/mol. The maximum Gasteiger partial charge on any atom is 0.346 e. The van der Waals surface area contributed by atoms with Crippen LogP contribution in [0.3, 0.4) is 0 Å². The minimum absolute atomic E-state index is 0.0913. The molecule has 0 saturated heterocycles. The molecule has 0 amide bonds. The lowest BCUT2D eigenvalue weighted by Crippen LogP contribution is -2.11. The molecule has 0 aliphatic heterocycles. The summed E-state index contributed by atoms with van der Waals surface area (Å²) in [4.78, 5) is 10.8. The van der Waals surface area contributed by atoms with Crippen LogP contribution in [0.5, 0.6) is 0 Å². The number of rotatable bonds is 4. The quantitative estimate of drug-likeness (QED) is 0.512. The number of benzene rings is 1. The number of carboxylic acid groups (broad SMARTS) is 1. The van der Waals surface area contributed by atoms with Crippen molar-refractivity contribution >= 4 is 23.0 Å². The van der Waals surface area contributed by atoms with Crippen LogP contribution in [0.15, 0.2) is 11.4 Å². The van der Waals surface area contributed by atoms with E-state index in [9.17, 15) is 26.7 Å². The Labute approximate surface area is 118 Å². The highest BCUT2D eigenvalue weighted by molar-refractivity contribution is 7.12. The fourth-order valence-electron chi connectivity index (χ4n) is 1.61. The Morgan fingerprint density at radius 3 is 2.10 bits per heavy atom. The Morgan fingerprint density at radius 1 is 1.05 bits per heavy atom. The van der Waals surface area contributed by atoms with Crippen molar-refractivity contribution in [3.63, 3.8) is 0 Å². The lowest BCUT2D eigenvalue weighted by Gasteiger charge is -2.10. The van der Waals surface area contributed by atoms with Gasteiger partial charge in [-0.15, -0.1) is 11.3 Å². The molecule has 3 nitrogen and oxygen atoms in total. The molecule has 21 heavy (non-hydrogen) atoms. The number of carboxylic acids is 1. The Hall–Kier alpha value is -2.16. The molecule has 1 aromatic heterocycles. The first-order valence-electron chi connectivity index (χ1n) is 5.39. The Morgan fingerprint density at radius 2 is 1.57 bits per heavy atom. The monoisotopic (exact) mass is 323 g/mol. The first-order chi connectivity index (χ1) is 9.84. The molecule has 1 aromatic carbocycles. The number of aromatic carboxylic acids is 1. The molecule has 2 N–H and O–H groups in total. The summed E-state index contributed by atoms with van der Waals surface area (Å²) in [6, 6.07) is 1.37. The van der Waals surface area contributed by atoms with Crippen LogP contribution < -0.4 is 5.32 Å². The van der Waals surface area contributed by atoms with E-state index in [-0.39, 0.29) is 10.4 Å². The van der Waals surface area contributed by atoms with Gasteiger partial charge in [0.15, 0.2) is 23.3 Å². The maximum atomic E-state index is 13.4. The van der Waals surface area contributed by atoms with E-state index in [2.05, 4.69) is 0 Å². The van der Waals surface area contributed by atoms with Crippen LogP contribution in [0.2, 0.25) is 0 Å². The number of nitrogens with one attached hydrogen (secondary N) is 1. The second kappa shape index (κ2) is 5.68. The smallest absolute Gasteiger partial charge is 0.346 e. The number of hydrogen-bond donors (Lipinski definition) is 2. The second-order valence-electron chi connectivity index (χ2n) is 3.88. The third-order valence-corrected chi connectivity index (χ3v) is 3.55. The molecule has 0 fully saturated rings. The average molecular weight is 323 g/mol. The summed E-state index contributed by atoms with van der Waals surface area (Å²) in [5.41, 5.74) is -1.04. The molecular weight excluding hydrogens is 317 g/mol. The van der Waals surface area contributed by atoms with Gasteiger partial charge in [0.05, 0.1) is 0 Å². The van der Waals surface area contributed by atoms with Gasteiger partial charge in [0, 0.05) is 6.54 Å². The summed E-state index contributed by atoms with van der Waals surface area (Å²) in [5, 5.41) is 12.3. The summed E-state index contributed by atoms with van der Waals surface area (Å²) in [7, 11) is 0. The van der Waals surface area contributed by atoms with E-state index >= 15 is 0 Å². The molecule has 0 bridgehead atoms. The van der Waals surface area contributed by atoms with Crippen molar-refractivity contribution in [3.8, 4) is 0 Å². The predicted octanol–water partition coefficient (Wildman–Crippen LogP) is 3.75. The Kier molecular flexibility index (Phi) is 4.12. The van der Waals surface area contributed by atoms with Gasteiger partial charge in [-0.3, -0.25) is 0 Å². The summed E-state index contributed by atoms with van der Waals surface area (Å²) in [6.07, 6.45) is 0. The zero-order valence-corrected chi connectivity index (χ0v) is 10.8. The number of carbonyl (C=O) groups is 1.